The monoisotopic (exact) mass is 442 g/mol. The Hall–Kier alpha value is -4.30. The third-order valence-electron chi connectivity index (χ3n) is 6.33. The maximum absolute atomic E-state index is 11.1. The fraction of sp³-hybridized carbons (Fsp3) is 0.0625. The van der Waals surface area contributed by atoms with E-state index in [-0.39, 0.29) is 23.3 Å². The van der Waals surface area contributed by atoms with E-state index in [2.05, 4.69) is 48.5 Å². The van der Waals surface area contributed by atoms with E-state index >= 15 is 0 Å². The number of phenols is 2. The van der Waals surface area contributed by atoms with Gasteiger partial charge >= 0.3 is 0 Å². The molecule has 0 saturated heterocycles. The highest BCUT2D eigenvalue weighted by Gasteiger charge is 2.26. The first-order valence-corrected chi connectivity index (χ1v) is 11.5. The van der Waals surface area contributed by atoms with Gasteiger partial charge in [0.1, 0.15) is 11.5 Å². The summed E-state index contributed by atoms with van der Waals surface area (Å²) >= 11 is 0. The Kier molecular flexibility index (Phi) is 6.13. The zero-order valence-electron chi connectivity index (χ0n) is 18.8. The molecule has 0 aliphatic carbocycles. The van der Waals surface area contributed by atoms with E-state index in [4.69, 9.17) is 0 Å². The molecular weight excluding hydrogens is 416 g/mol. The van der Waals surface area contributed by atoms with E-state index in [1.807, 2.05) is 78.9 Å². The van der Waals surface area contributed by atoms with Crippen molar-refractivity contribution in [1.82, 2.24) is 0 Å². The van der Waals surface area contributed by atoms with Gasteiger partial charge in [-0.15, -0.1) is 0 Å². The van der Waals surface area contributed by atoms with Crippen LogP contribution in [-0.4, -0.2) is 10.2 Å². The fourth-order valence-corrected chi connectivity index (χ4v) is 4.76. The second-order valence-corrected chi connectivity index (χ2v) is 8.48. The molecule has 2 N–H and O–H groups in total. The molecule has 0 bridgehead atoms. The minimum Gasteiger partial charge on any atom is -0.507 e. The average Bonchev–Trinajstić information content (AvgIpc) is 2.89. The molecule has 166 valence electrons. The number of phenolic OH excluding ortho intramolecular Hbond substituents is 2. The second-order valence-electron chi connectivity index (χ2n) is 8.48. The third kappa shape index (κ3) is 4.31. The van der Waals surface area contributed by atoms with Crippen LogP contribution in [0.2, 0.25) is 0 Å². The normalized spacial score (nSPS) is 11.1. The third-order valence-corrected chi connectivity index (χ3v) is 6.33. The van der Waals surface area contributed by atoms with E-state index in [9.17, 15) is 10.2 Å². The van der Waals surface area contributed by atoms with Crippen LogP contribution in [0.25, 0.3) is 0 Å². The van der Waals surface area contributed by atoms with Crippen LogP contribution in [-0.2, 0) is 0 Å². The molecule has 0 amide bonds. The zero-order valence-corrected chi connectivity index (χ0v) is 18.8. The second kappa shape index (κ2) is 9.68. The van der Waals surface area contributed by atoms with Crippen LogP contribution in [0.1, 0.15) is 45.2 Å². The molecule has 34 heavy (non-hydrogen) atoms. The molecule has 0 aromatic heterocycles. The van der Waals surface area contributed by atoms with Gasteiger partial charge in [-0.25, -0.2) is 0 Å². The first-order valence-electron chi connectivity index (χ1n) is 11.5. The lowest BCUT2D eigenvalue weighted by Crippen LogP contribution is -2.08. The van der Waals surface area contributed by atoms with E-state index < -0.39 is 0 Å². The first-order chi connectivity index (χ1) is 16.7. The molecule has 5 rings (SSSR count). The Labute approximate surface area is 200 Å². The number of benzene rings is 5. The van der Waals surface area contributed by atoms with Crippen molar-refractivity contribution < 1.29 is 10.2 Å². The maximum atomic E-state index is 11.1. The Morgan fingerprint density at radius 3 is 0.882 bits per heavy atom. The molecule has 0 spiro atoms. The molecule has 0 radical (unpaired) electrons. The predicted molar refractivity (Wildman–Crippen MR) is 137 cm³/mol. The Morgan fingerprint density at radius 1 is 0.353 bits per heavy atom. The van der Waals surface area contributed by atoms with Crippen LogP contribution in [0.4, 0.5) is 0 Å². The zero-order chi connectivity index (χ0) is 23.3. The summed E-state index contributed by atoms with van der Waals surface area (Å²) in [5.74, 6) is -0.180. The Morgan fingerprint density at radius 2 is 0.618 bits per heavy atom. The number of aromatic hydroxyl groups is 2. The molecule has 0 aliphatic rings. The van der Waals surface area contributed by atoms with E-state index in [0.717, 1.165) is 33.4 Å². The van der Waals surface area contributed by atoms with Gasteiger partial charge < -0.3 is 10.2 Å². The highest BCUT2D eigenvalue weighted by Crippen LogP contribution is 2.44. The van der Waals surface area contributed by atoms with Crippen molar-refractivity contribution >= 4 is 0 Å². The maximum Gasteiger partial charge on any atom is 0.123 e. The molecule has 0 saturated carbocycles. The van der Waals surface area contributed by atoms with Crippen LogP contribution in [0.3, 0.4) is 0 Å². The van der Waals surface area contributed by atoms with Crippen LogP contribution in [0.5, 0.6) is 11.5 Å². The van der Waals surface area contributed by atoms with Gasteiger partial charge in [0.25, 0.3) is 0 Å². The molecular formula is C32H26O2. The summed E-state index contributed by atoms with van der Waals surface area (Å²) in [5.41, 5.74) is 5.85. The number of hydrogen-bond acceptors (Lipinski definition) is 2. The molecule has 5 aromatic rings. The van der Waals surface area contributed by atoms with Crippen LogP contribution >= 0.6 is 0 Å². The van der Waals surface area contributed by atoms with Crippen LogP contribution in [0, 0.1) is 0 Å². The topological polar surface area (TPSA) is 40.5 Å². The van der Waals surface area contributed by atoms with E-state index in [1.54, 1.807) is 0 Å². The molecule has 0 atom stereocenters. The smallest absolute Gasteiger partial charge is 0.123 e. The van der Waals surface area contributed by atoms with Crippen molar-refractivity contribution in [1.29, 1.82) is 0 Å². The van der Waals surface area contributed by atoms with Gasteiger partial charge in [-0.2, -0.15) is 0 Å². The lowest BCUT2D eigenvalue weighted by molar-refractivity contribution is 0.440. The number of rotatable bonds is 6. The summed E-state index contributed by atoms with van der Waals surface area (Å²) in [6.45, 7) is 0. The minimum absolute atomic E-state index is 0.0822. The molecule has 2 nitrogen and oxygen atoms in total. The average molecular weight is 443 g/mol. The molecule has 0 unspecified atom stereocenters. The Bertz CT molecular complexity index is 1160. The molecule has 5 aromatic carbocycles. The van der Waals surface area contributed by atoms with Crippen LogP contribution < -0.4 is 0 Å². The lowest BCUT2D eigenvalue weighted by atomic mass is 9.80. The summed E-state index contributed by atoms with van der Waals surface area (Å²) in [6.07, 6.45) is 0. The highest BCUT2D eigenvalue weighted by atomic mass is 16.3. The van der Waals surface area contributed by atoms with Crippen molar-refractivity contribution in [3.8, 4) is 11.5 Å². The summed E-state index contributed by atoms with van der Waals surface area (Å²) in [6, 6.07) is 44.2. The standard InChI is InChI=1S/C32H26O2/c33-29-22-30(34)28(32(25-17-9-3-10-18-25)26-19-11-4-12-20-26)21-27(29)31(23-13-5-1-6-14-23)24-15-7-2-8-16-24/h1-22,31-34H. The van der Waals surface area contributed by atoms with Gasteiger partial charge in [0.2, 0.25) is 0 Å². The fourth-order valence-electron chi connectivity index (χ4n) is 4.76. The Balaban J connectivity index is 1.73. The van der Waals surface area contributed by atoms with Crippen molar-refractivity contribution in [2.24, 2.45) is 0 Å². The van der Waals surface area contributed by atoms with E-state index in [1.165, 1.54) is 6.07 Å². The quantitative estimate of drug-likeness (QED) is 0.268. The molecule has 0 heterocycles. The van der Waals surface area contributed by atoms with Gasteiger partial charge in [-0.05, 0) is 28.3 Å². The van der Waals surface area contributed by atoms with Crippen molar-refractivity contribution in [2.75, 3.05) is 0 Å². The predicted octanol–water partition coefficient (Wildman–Crippen LogP) is 7.46. The van der Waals surface area contributed by atoms with E-state index in [0.29, 0.717) is 0 Å². The van der Waals surface area contributed by atoms with Crippen LogP contribution in [0.15, 0.2) is 133 Å². The lowest BCUT2D eigenvalue weighted by Gasteiger charge is -2.25. The summed E-state index contributed by atoms with van der Waals surface area (Å²) in [4.78, 5) is 0. The van der Waals surface area contributed by atoms with Crippen molar-refractivity contribution in [2.45, 2.75) is 11.8 Å². The first kappa shape index (κ1) is 21.5. The van der Waals surface area contributed by atoms with Crippen molar-refractivity contribution in [3.05, 3.63) is 167 Å². The summed E-state index contributed by atoms with van der Waals surface area (Å²) in [5, 5.41) is 22.1. The highest BCUT2D eigenvalue weighted by molar-refractivity contribution is 5.57. The molecule has 0 aliphatic heterocycles. The summed E-state index contributed by atoms with van der Waals surface area (Å²) < 4.78 is 0. The van der Waals surface area contributed by atoms with Gasteiger partial charge in [0.15, 0.2) is 0 Å². The SMILES string of the molecule is Oc1cc(O)c(C(c2ccccc2)c2ccccc2)cc1C(c1ccccc1)c1ccccc1. The van der Waals surface area contributed by atoms with Gasteiger partial charge in [-0.3, -0.25) is 0 Å². The molecule has 0 fully saturated rings. The van der Waals surface area contributed by atoms with Gasteiger partial charge in [0, 0.05) is 29.0 Å². The summed E-state index contributed by atoms with van der Waals surface area (Å²) in [7, 11) is 0. The minimum atomic E-state index is -0.172. The van der Waals surface area contributed by atoms with Gasteiger partial charge in [-0.1, -0.05) is 121 Å². The van der Waals surface area contributed by atoms with Gasteiger partial charge in [0.05, 0.1) is 0 Å². The molecule has 2 heteroatoms. The largest absolute Gasteiger partial charge is 0.507 e. The number of hydrogen-bond donors (Lipinski definition) is 2. The van der Waals surface area contributed by atoms with Crippen molar-refractivity contribution in [3.63, 3.8) is 0 Å².